The maximum atomic E-state index is 12.7. The van der Waals surface area contributed by atoms with Gasteiger partial charge in [0, 0.05) is 18.8 Å². The van der Waals surface area contributed by atoms with Crippen LogP contribution >= 0.6 is 0 Å². The van der Waals surface area contributed by atoms with Crippen LogP contribution in [0.25, 0.3) is 0 Å². The number of amides is 1. The van der Waals surface area contributed by atoms with Crippen LogP contribution in [0, 0.1) is 13.8 Å². The van der Waals surface area contributed by atoms with Gasteiger partial charge in [0.15, 0.2) is 5.82 Å². The van der Waals surface area contributed by atoms with E-state index in [2.05, 4.69) is 15.2 Å². The van der Waals surface area contributed by atoms with Crippen LogP contribution < -0.4 is 0 Å². The second kappa shape index (κ2) is 4.72. The first-order valence-corrected chi connectivity index (χ1v) is 6.57. The number of aromatic amines is 1. The number of carbonyl (C=O) groups is 2. The van der Waals surface area contributed by atoms with Crippen molar-refractivity contribution in [2.45, 2.75) is 26.9 Å². The Bertz CT molecular complexity index is 730. The molecular weight excluding hydrogens is 274 g/mol. The molecule has 0 fully saturated rings. The molecule has 8 heteroatoms. The van der Waals surface area contributed by atoms with E-state index >= 15 is 0 Å². The molecular formula is C13H15N5O3. The van der Waals surface area contributed by atoms with Gasteiger partial charge in [0.05, 0.1) is 12.1 Å². The Labute approximate surface area is 120 Å². The lowest BCUT2D eigenvalue weighted by Crippen LogP contribution is -2.38. The molecule has 1 aliphatic rings. The molecule has 21 heavy (non-hydrogen) atoms. The summed E-state index contributed by atoms with van der Waals surface area (Å²) in [6, 6.07) is 0. The molecule has 2 aromatic heterocycles. The second-order valence-electron chi connectivity index (χ2n) is 5.10. The summed E-state index contributed by atoms with van der Waals surface area (Å²) in [5.41, 5.74) is 1.54. The average Bonchev–Trinajstić information content (AvgIpc) is 3.01. The molecule has 110 valence electrons. The van der Waals surface area contributed by atoms with Crippen LogP contribution in [0.1, 0.15) is 37.9 Å². The van der Waals surface area contributed by atoms with Crippen LogP contribution in [0.2, 0.25) is 0 Å². The topological polar surface area (TPSA) is 104 Å². The van der Waals surface area contributed by atoms with Gasteiger partial charge in [-0.2, -0.15) is 0 Å². The number of aryl methyl sites for hydroxylation is 1. The van der Waals surface area contributed by atoms with E-state index in [1.54, 1.807) is 25.1 Å². The first kappa shape index (κ1) is 13.3. The van der Waals surface area contributed by atoms with E-state index in [1.807, 2.05) is 4.57 Å². The Kier molecular flexibility index (Phi) is 3.00. The van der Waals surface area contributed by atoms with Gasteiger partial charge in [-0.1, -0.05) is 0 Å². The van der Waals surface area contributed by atoms with E-state index in [9.17, 15) is 9.59 Å². The molecule has 8 nitrogen and oxygen atoms in total. The van der Waals surface area contributed by atoms with Crippen LogP contribution in [0.15, 0.2) is 6.33 Å². The third-order valence-electron chi connectivity index (χ3n) is 3.79. The van der Waals surface area contributed by atoms with Gasteiger partial charge in [-0.3, -0.25) is 4.79 Å². The van der Waals surface area contributed by atoms with Gasteiger partial charge in [-0.25, -0.2) is 4.79 Å². The zero-order chi connectivity index (χ0) is 15.1. The molecule has 0 unspecified atom stereocenters. The zero-order valence-electron chi connectivity index (χ0n) is 11.8. The number of carboxylic acids is 1. The Morgan fingerprint density at radius 3 is 2.76 bits per heavy atom. The van der Waals surface area contributed by atoms with E-state index < -0.39 is 5.97 Å². The average molecular weight is 289 g/mol. The summed E-state index contributed by atoms with van der Waals surface area (Å²) in [5, 5.41) is 16.9. The summed E-state index contributed by atoms with van der Waals surface area (Å²) in [6.45, 7) is 4.93. The fraction of sp³-hybridized carbons (Fsp3) is 0.385. The number of carbonyl (C=O) groups excluding carboxylic acids is 1. The summed E-state index contributed by atoms with van der Waals surface area (Å²) in [7, 11) is 0. The van der Waals surface area contributed by atoms with Crippen molar-refractivity contribution in [2.75, 3.05) is 6.54 Å². The molecule has 0 saturated heterocycles. The molecule has 0 spiro atoms. The number of nitrogens with one attached hydrogen (secondary N) is 1. The lowest BCUT2D eigenvalue weighted by atomic mass is 10.1. The van der Waals surface area contributed by atoms with Crippen molar-refractivity contribution in [3.8, 4) is 0 Å². The van der Waals surface area contributed by atoms with Crippen molar-refractivity contribution in [3.05, 3.63) is 34.7 Å². The largest absolute Gasteiger partial charge is 0.477 e. The van der Waals surface area contributed by atoms with Crippen molar-refractivity contribution < 1.29 is 14.7 Å². The van der Waals surface area contributed by atoms with Gasteiger partial charge in [0.1, 0.15) is 12.0 Å². The maximum absolute atomic E-state index is 12.7. The van der Waals surface area contributed by atoms with Crippen LogP contribution in [0.4, 0.5) is 0 Å². The molecule has 1 aliphatic heterocycles. The predicted octanol–water partition coefficient (Wildman–Crippen LogP) is 0.577. The number of hydrogen-bond acceptors (Lipinski definition) is 4. The highest BCUT2D eigenvalue weighted by Gasteiger charge is 2.28. The van der Waals surface area contributed by atoms with Crippen molar-refractivity contribution in [2.24, 2.45) is 0 Å². The first-order valence-electron chi connectivity index (χ1n) is 6.57. The number of rotatable bonds is 2. The molecule has 0 aromatic carbocycles. The fourth-order valence-corrected chi connectivity index (χ4v) is 2.68. The summed E-state index contributed by atoms with van der Waals surface area (Å²) >= 11 is 0. The number of fused-ring (bicyclic) bond motifs is 1. The Hall–Kier alpha value is -2.64. The van der Waals surface area contributed by atoms with Crippen molar-refractivity contribution >= 4 is 11.9 Å². The minimum absolute atomic E-state index is 0.0658. The van der Waals surface area contributed by atoms with Crippen LogP contribution in [-0.2, 0) is 13.1 Å². The highest BCUT2D eigenvalue weighted by Crippen LogP contribution is 2.22. The standard InChI is InChI=1S/C13H15N5O3/c1-7-10(8(2)15-11(7)13(20)21)12(19)17-3-4-18-6-14-16-9(18)5-17/h6,15H,3-5H2,1-2H3,(H,20,21). The molecule has 3 heterocycles. The molecule has 1 amide bonds. The quantitative estimate of drug-likeness (QED) is 0.841. The second-order valence-corrected chi connectivity index (χ2v) is 5.10. The predicted molar refractivity (Wildman–Crippen MR) is 72.0 cm³/mol. The van der Waals surface area contributed by atoms with Crippen LogP contribution in [-0.4, -0.2) is 48.2 Å². The lowest BCUT2D eigenvalue weighted by Gasteiger charge is -2.27. The third kappa shape index (κ3) is 2.08. The maximum Gasteiger partial charge on any atom is 0.352 e. The highest BCUT2D eigenvalue weighted by molar-refractivity contribution is 6.00. The molecule has 2 aromatic rings. The monoisotopic (exact) mass is 289 g/mol. The number of hydrogen-bond donors (Lipinski definition) is 2. The normalized spacial score (nSPS) is 14.1. The smallest absolute Gasteiger partial charge is 0.352 e. The Morgan fingerprint density at radius 2 is 2.10 bits per heavy atom. The van der Waals surface area contributed by atoms with Gasteiger partial charge in [0.25, 0.3) is 5.91 Å². The zero-order valence-corrected chi connectivity index (χ0v) is 11.8. The number of H-pyrrole nitrogens is 1. The third-order valence-corrected chi connectivity index (χ3v) is 3.79. The van der Waals surface area contributed by atoms with Crippen molar-refractivity contribution in [3.63, 3.8) is 0 Å². The van der Waals surface area contributed by atoms with E-state index in [1.165, 1.54) is 0 Å². The van der Waals surface area contributed by atoms with E-state index in [0.717, 1.165) is 5.82 Å². The van der Waals surface area contributed by atoms with Gasteiger partial charge in [0.2, 0.25) is 0 Å². The number of carboxylic acid groups (broad SMARTS) is 1. The van der Waals surface area contributed by atoms with Gasteiger partial charge < -0.3 is 19.6 Å². The Morgan fingerprint density at radius 1 is 1.33 bits per heavy atom. The fourth-order valence-electron chi connectivity index (χ4n) is 2.68. The van der Waals surface area contributed by atoms with E-state index in [4.69, 9.17) is 5.11 Å². The summed E-state index contributed by atoms with van der Waals surface area (Å²) in [4.78, 5) is 28.2. The molecule has 0 aliphatic carbocycles. The first-order chi connectivity index (χ1) is 9.99. The number of aromatic nitrogens is 4. The highest BCUT2D eigenvalue weighted by atomic mass is 16.4. The minimum Gasteiger partial charge on any atom is -0.477 e. The van der Waals surface area contributed by atoms with Crippen molar-refractivity contribution in [1.29, 1.82) is 0 Å². The van der Waals surface area contributed by atoms with E-state index in [-0.39, 0.29) is 11.6 Å². The molecule has 0 atom stereocenters. The number of aromatic carboxylic acids is 1. The van der Waals surface area contributed by atoms with Gasteiger partial charge >= 0.3 is 5.97 Å². The number of nitrogens with zero attached hydrogens (tertiary/aromatic N) is 4. The van der Waals surface area contributed by atoms with Crippen LogP contribution in [0.3, 0.4) is 0 Å². The van der Waals surface area contributed by atoms with Gasteiger partial charge in [-0.05, 0) is 19.4 Å². The molecule has 3 rings (SSSR count). The van der Waals surface area contributed by atoms with Crippen molar-refractivity contribution in [1.82, 2.24) is 24.6 Å². The minimum atomic E-state index is -1.06. The van der Waals surface area contributed by atoms with E-state index in [0.29, 0.717) is 36.5 Å². The molecule has 2 N–H and O–H groups in total. The molecule has 0 bridgehead atoms. The summed E-state index contributed by atoms with van der Waals surface area (Å²) in [6.07, 6.45) is 1.65. The lowest BCUT2D eigenvalue weighted by molar-refractivity contribution is 0.0690. The molecule has 0 radical (unpaired) electrons. The summed E-state index contributed by atoms with van der Waals surface area (Å²) in [5.74, 6) is -0.505. The summed E-state index contributed by atoms with van der Waals surface area (Å²) < 4.78 is 1.91. The Balaban J connectivity index is 1.92. The van der Waals surface area contributed by atoms with Crippen LogP contribution in [0.5, 0.6) is 0 Å². The molecule has 0 saturated carbocycles. The van der Waals surface area contributed by atoms with Gasteiger partial charge in [-0.15, -0.1) is 10.2 Å². The SMILES string of the molecule is Cc1[nH]c(C(=O)O)c(C)c1C(=O)N1CCn2cnnc2C1.